The highest BCUT2D eigenvalue weighted by atomic mass is 32.2. The van der Waals surface area contributed by atoms with E-state index in [0.29, 0.717) is 10.1 Å². The molecule has 3 rings (SSSR count). The number of aryl methyl sites for hydroxylation is 1. The Balaban J connectivity index is 1.86. The maximum Gasteiger partial charge on any atom is 0.264 e. The second-order valence-corrected chi connectivity index (χ2v) is 7.26. The van der Waals surface area contributed by atoms with Gasteiger partial charge in [-0.15, -0.1) is 11.8 Å². The fourth-order valence-corrected chi connectivity index (χ4v) is 3.76. The average molecular weight is 370 g/mol. The Labute approximate surface area is 155 Å². The van der Waals surface area contributed by atoms with Crippen LogP contribution in [0.5, 0.6) is 5.75 Å². The number of methoxy groups -OCH3 is 1. The Kier molecular flexibility index (Phi) is 5.50. The van der Waals surface area contributed by atoms with Gasteiger partial charge in [-0.3, -0.25) is 4.79 Å². The van der Waals surface area contributed by atoms with Gasteiger partial charge >= 0.3 is 0 Å². The van der Waals surface area contributed by atoms with Gasteiger partial charge < -0.3 is 10.1 Å². The number of carbonyl (C=O) groups is 1. The number of thioether (sulfide) groups is 2. The Morgan fingerprint density at radius 3 is 2.76 bits per heavy atom. The Hall–Kier alpha value is -2.18. The van der Waals surface area contributed by atoms with Crippen molar-refractivity contribution in [1.82, 2.24) is 5.32 Å². The monoisotopic (exact) mass is 370 g/mol. The number of nitrogens with zero attached hydrogens (tertiary/aromatic N) is 1. The summed E-state index contributed by atoms with van der Waals surface area (Å²) < 4.78 is 5.40. The molecule has 1 saturated heterocycles. The van der Waals surface area contributed by atoms with Crippen molar-refractivity contribution in [1.29, 1.82) is 0 Å². The number of aliphatic imine (C=N–C) groups is 1. The lowest BCUT2D eigenvalue weighted by Crippen LogP contribution is -2.19. The zero-order valence-electron chi connectivity index (χ0n) is 14.2. The van der Waals surface area contributed by atoms with Gasteiger partial charge in [0.05, 0.1) is 17.7 Å². The van der Waals surface area contributed by atoms with E-state index in [-0.39, 0.29) is 5.91 Å². The standard InChI is InChI=1S/C19H18N2O2S2/c1-12-6-4-5-7-14(12)20-19-21-18(22)17(25-19)11-13-8-9-16(24-3)15(10-13)23-2/h4-11H,1-3H3,(H,20,21,22)/b17-11-. The van der Waals surface area contributed by atoms with Crippen LogP contribution >= 0.6 is 23.5 Å². The predicted octanol–water partition coefficient (Wildman–Crippen LogP) is 4.62. The van der Waals surface area contributed by atoms with Crippen LogP contribution in [0.2, 0.25) is 0 Å². The maximum atomic E-state index is 12.2. The van der Waals surface area contributed by atoms with Gasteiger partial charge in [0.25, 0.3) is 5.91 Å². The molecule has 128 valence electrons. The number of ether oxygens (including phenoxy) is 1. The van der Waals surface area contributed by atoms with E-state index >= 15 is 0 Å². The van der Waals surface area contributed by atoms with E-state index in [1.165, 1.54) is 11.8 Å². The second kappa shape index (κ2) is 7.80. The molecule has 0 unspecified atom stereocenters. The molecule has 0 aliphatic carbocycles. The van der Waals surface area contributed by atoms with E-state index in [2.05, 4.69) is 10.3 Å². The SMILES string of the molecule is COc1cc(/C=C2\SC(=Nc3ccccc3C)NC2=O)ccc1SC. The highest BCUT2D eigenvalue weighted by molar-refractivity contribution is 8.18. The first kappa shape index (κ1) is 17.6. The van der Waals surface area contributed by atoms with Gasteiger partial charge in [0, 0.05) is 4.90 Å². The van der Waals surface area contributed by atoms with Crippen molar-refractivity contribution in [2.45, 2.75) is 11.8 Å². The second-order valence-electron chi connectivity index (χ2n) is 5.38. The van der Waals surface area contributed by atoms with E-state index in [1.54, 1.807) is 18.9 Å². The largest absolute Gasteiger partial charge is 0.496 e. The first-order valence-electron chi connectivity index (χ1n) is 7.68. The lowest BCUT2D eigenvalue weighted by molar-refractivity contribution is -0.115. The summed E-state index contributed by atoms with van der Waals surface area (Å²) >= 11 is 2.97. The number of carbonyl (C=O) groups excluding carboxylic acids is 1. The molecule has 0 bridgehead atoms. The molecule has 0 atom stereocenters. The summed E-state index contributed by atoms with van der Waals surface area (Å²) in [4.78, 5) is 18.4. The summed E-state index contributed by atoms with van der Waals surface area (Å²) in [5.74, 6) is 0.671. The summed E-state index contributed by atoms with van der Waals surface area (Å²) in [5.41, 5.74) is 2.85. The third-order valence-corrected chi connectivity index (χ3v) is 5.38. The zero-order chi connectivity index (χ0) is 17.8. The lowest BCUT2D eigenvalue weighted by Gasteiger charge is -2.06. The van der Waals surface area contributed by atoms with E-state index in [1.807, 2.05) is 61.7 Å². The quantitative estimate of drug-likeness (QED) is 0.630. The molecule has 0 saturated carbocycles. The Bertz CT molecular complexity index is 875. The topological polar surface area (TPSA) is 50.7 Å². The molecular formula is C19H18N2O2S2. The molecule has 0 radical (unpaired) electrons. The minimum absolute atomic E-state index is 0.134. The number of amidine groups is 1. The fraction of sp³-hybridized carbons (Fsp3) is 0.158. The van der Waals surface area contributed by atoms with Gasteiger partial charge in [0.15, 0.2) is 5.17 Å². The molecule has 6 heteroatoms. The third kappa shape index (κ3) is 4.08. The van der Waals surface area contributed by atoms with E-state index in [9.17, 15) is 4.79 Å². The Morgan fingerprint density at radius 2 is 2.04 bits per heavy atom. The van der Waals surface area contributed by atoms with Crippen molar-refractivity contribution in [3.05, 3.63) is 58.5 Å². The molecular weight excluding hydrogens is 352 g/mol. The summed E-state index contributed by atoms with van der Waals surface area (Å²) in [7, 11) is 1.65. The van der Waals surface area contributed by atoms with Crippen LogP contribution in [0.1, 0.15) is 11.1 Å². The number of hydrogen-bond acceptors (Lipinski definition) is 5. The van der Waals surface area contributed by atoms with Crippen molar-refractivity contribution in [3.8, 4) is 5.75 Å². The molecule has 1 heterocycles. The van der Waals surface area contributed by atoms with E-state index in [0.717, 1.165) is 27.5 Å². The Morgan fingerprint density at radius 1 is 1.24 bits per heavy atom. The number of hydrogen-bond donors (Lipinski definition) is 1. The van der Waals surface area contributed by atoms with Gasteiger partial charge in [-0.25, -0.2) is 4.99 Å². The van der Waals surface area contributed by atoms with Crippen LogP contribution in [0.4, 0.5) is 5.69 Å². The van der Waals surface area contributed by atoms with Gasteiger partial charge in [-0.2, -0.15) is 0 Å². The van der Waals surface area contributed by atoms with Crippen molar-refractivity contribution in [2.75, 3.05) is 13.4 Å². The highest BCUT2D eigenvalue weighted by Gasteiger charge is 2.24. The van der Waals surface area contributed by atoms with E-state index in [4.69, 9.17) is 4.74 Å². The van der Waals surface area contributed by atoms with Crippen LogP contribution in [-0.2, 0) is 4.79 Å². The third-order valence-electron chi connectivity index (χ3n) is 3.69. The highest BCUT2D eigenvalue weighted by Crippen LogP contribution is 2.32. The number of nitrogens with one attached hydrogen (secondary N) is 1. The van der Waals surface area contributed by atoms with E-state index < -0.39 is 0 Å². The van der Waals surface area contributed by atoms with Crippen LogP contribution in [0.15, 0.2) is 57.3 Å². The van der Waals surface area contributed by atoms with Crippen molar-refractivity contribution in [3.63, 3.8) is 0 Å². The molecule has 0 spiro atoms. The van der Waals surface area contributed by atoms with Gasteiger partial charge in [0.1, 0.15) is 5.75 Å². The van der Waals surface area contributed by atoms with Gasteiger partial charge in [-0.1, -0.05) is 24.3 Å². The molecule has 2 aromatic rings. The summed E-state index contributed by atoms with van der Waals surface area (Å²) in [6.45, 7) is 2.00. The van der Waals surface area contributed by atoms with Gasteiger partial charge in [-0.05, 0) is 60.3 Å². The molecule has 1 N–H and O–H groups in total. The first-order valence-corrected chi connectivity index (χ1v) is 9.72. The smallest absolute Gasteiger partial charge is 0.264 e. The van der Waals surface area contributed by atoms with Gasteiger partial charge in [0.2, 0.25) is 0 Å². The summed E-state index contributed by atoms with van der Waals surface area (Å²) in [5, 5.41) is 3.42. The first-order chi connectivity index (χ1) is 12.1. The zero-order valence-corrected chi connectivity index (χ0v) is 15.8. The van der Waals surface area contributed by atoms with Crippen LogP contribution in [0.3, 0.4) is 0 Å². The lowest BCUT2D eigenvalue weighted by atomic mass is 10.2. The number of amides is 1. The number of para-hydroxylation sites is 1. The molecule has 1 aliphatic heterocycles. The molecule has 1 amide bonds. The molecule has 0 aromatic heterocycles. The molecule has 2 aromatic carbocycles. The average Bonchev–Trinajstić information content (AvgIpc) is 2.96. The summed E-state index contributed by atoms with van der Waals surface area (Å²) in [6.07, 6.45) is 3.86. The molecule has 1 fully saturated rings. The minimum Gasteiger partial charge on any atom is -0.496 e. The fourth-order valence-electron chi connectivity index (χ4n) is 2.37. The van der Waals surface area contributed by atoms with Crippen LogP contribution in [-0.4, -0.2) is 24.4 Å². The molecule has 1 aliphatic rings. The van der Waals surface area contributed by atoms with Crippen LogP contribution in [0, 0.1) is 6.92 Å². The molecule has 4 nitrogen and oxygen atoms in total. The van der Waals surface area contributed by atoms with Crippen molar-refractivity contribution in [2.24, 2.45) is 4.99 Å². The predicted molar refractivity (Wildman–Crippen MR) is 107 cm³/mol. The summed E-state index contributed by atoms with van der Waals surface area (Å²) in [6, 6.07) is 13.7. The van der Waals surface area contributed by atoms with Crippen LogP contribution < -0.4 is 10.1 Å². The van der Waals surface area contributed by atoms with Crippen LogP contribution in [0.25, 0.3) is 6.08 Å². The molecule has 25 heavy (non-hydrogen) atoms. The van der Waals surface area contributed by atoms with Crippen molar-refractivity contribution >= 4 is 46.4 Å². The normalized spacial score (nSPS) is 17.2. The maximum absolute atomic E-state index is 12.2. The minimum atomic E-state index is -0.134. The van der Waals surface area contributed by atoms with Crippen molar-refractivity contribution < 1.29 is 9.53 Å². The number of benzene rings is 2. The number of rotatable bonds is 4.